The standard InChI is InChI=1S/C16H32N2O.2HI/c1-17(8-10-19-11-9-17)6-3-7-18(2)13-15-4-5-16(12-15)14-18;;/h15-16H,3-14H2,1-2H3;2*1H/q+2;;/p-2. The molecule has 2 saturated heterocycles. The fraction of sp³-hybridized carbons (Fsp3) is 1.00. The van der Waals surface area contributed by atoms with Crippen LogP contribution in [0.5, 0.6) is 0 Å². The second-order valence-electron chi connectivity index (χ2n) is 8.01. The predicted molar refractivity (Wildman–Crippen MR) is 77.8 cm³/mol. The van der Waals surface area contributed by atoms with Gasteiger partial charge in [0.2, 0.25) is 0 Å². The van der Waals surface area contributed by atoms with Gasteiger partial charge >= 0.3 is 0 Å². The van der Waals surface area contributed by atoms with Gasteiger partial charge in [-0.1, -0.05) is 0 Å². The summed E-state index contributed by atoms with van der Waals surface area (Å²) >= 11 is 0. The number of halogens is 2. The van der Waals surface area contributed by atoms with E-state index in [1.54, 1.807) is 6.42 Å². The van der Waals surface area contributed by atoms with Gasteiger partial charge in [-0.2, -0.15) is 0 Å². The van der Waals surface area contributed by atoms with Crippen LogP contribution in [0.25, 0.3) is 0 Å². The fourth-order valence-electron chi connectivity index (χ4n) is 4.86. The fourth-order valence-corrected chi connectivity index (χ4v) is 4.86. The van der Waals surface area contributed by atoms with Crippen LogP contribution in [0.3, 0.4) is 0 Å². The van der Waals surface area contributed by atoms with Gasteiger partial charge < -0.3 is 61.7 Å². The van der Waals surface area contributed by atoms with Crippen molar-refractivity contribution in [2.24, 2.45) is 11.8 Å². The zero-order valence-electron chi connectivity index (χ0n) is 13.7. The van der Waals surface area contributed by atoms with Crippen molar-refractivity contribution in [2.75, 3.05) is 66.6 Å². The summed E-state index contributed by atoms with van der Waals surface area (Å²) < 4.78 is 8.11. The molecule has 0 radical (unpaired) electrons. The highest BCUT2D eigenvalue weighted by Crippen LogP contribution is 2.39. The van der Waals surface area contributed by atoms with Gasteiger partial charge in [-0.3, -0.25) is 0 Å². The van der Waals surface area contributed by atoms with Crippen molar-refractivity contribution >= 4 is 0 Å². The van der Waals surface area contributed by atoms with Crippen LogP contribution in [0.1, 0.15) is 25.7 Å². The van der Waals surface area contributed by atoms with Crippen molar-refractivity contribution in [3.05, 3.63) is 0 Å². The van der Waals surface area contributed by atoms with Gasteiger partial charge in [0.25, 0.3) is 0 Å². The molecule has 2 unspecified atom stereocenters. The third-order valence-electron chi connectivity index (χ3n) is 5.99. The molecule has 3 fully saturated rings. The SMILES string of the molecule is C[N+]1(CCC[N+]2(C)CC3CCC(C3)C2)CCOCC1.[I-].[I-]. The van der Waals surface area contributed by atoms with Gasteiger partial charge in [0, 0.05) is 18.3 Å². The topological polar surface area (TPSA) is 9.23 Å². The maximum absolute atomic E-state index is 5.50. The van der Waals surface area contributed by atoms with Crippen molar-refractivity contribution in [3.63, 3.8) is 0 Å². The normalized spacial score (nSPS) is 37.4. The molecule has 0 spiro atoms. The number of hydrogen-bond donors (Lipinski definition) is 0. The van der Waals surface area contributed by atoms with E-state index in [0.717, 1.165) is 25.0 Å². The molecule has 0 aromatic heterocycles. The van der Waals surface area contributed by atoms with E-state index in [1.165, 1.54) is 67.5 Å². The quantitative estimate of drug-likeness (QED) is 0.269. The summed E-state index contributed by atoms with van der Waals surface area (Å²) in [5.74, 6) is 2.11. The summed E-state index contributed by atoms with van der Waals surface area (Å²) in [5, 5.41) is 0. The number of morpholine rings is 1. The molecule has 1 aliphatic carbocycles. The van der Waals surface area contributed by atoms with Gasteiger partial charge in [-0.05, 0) is 19.3 Å². The van der Waals surface area contributed by atoms with Gasteiger partial charge in [-0.15, -0.1) is 0 Å². The first-order valence-corrected chi connectivity index (χ1v) is 8.32. The number of hydrogen-bond acceptors (Lipinski definition) is 1. The van der Waals surface area contributed by atoms with E-state index in [4.69, 9.17) is 4.74 Å². The smallest absolute Gasteiger partial charge is 0.102 e. The number of rotatable bonds is 4. The van der Waals surface area contributed by atoms with Gasteiger partial charge in [0.05, 0.1) is 53.5 Å². The second kappa shape index (κ2) is 8.44. The maximum Gasteiger partial charge on any atom is 0.102 e. The number of ether oxygens (including phenoxy) is 1. The number of likely N-dealkylation sites (N-methyl/N-ethyl adjacent to an activating group) is 1. The lowest BCUT2D eigenvalue weighted by atomic mass is 9.96. The van der Waals surface area contributed by atoms with E-state index in [1.807, 2.05) is 0 Å². The van der Waals surface area contributed by atoms with Crippen LogP contribution in [-0.2, 0) is 4.74 Å². The lowest BCUT2D eigenvalue weighted by Crippen LogP contribution is -3.00. The summed E-state index contributed by atoms with van der Waals surface area (Å²) in [7, 11) is 4.94. The molecule has 21 heavy (non-hydrogen) atoms. The summed E-state index contributed by atoms with van der Waals surface area (Å²) in [4.78, 5) is 0. The molecular weight excluding hydrogens is 490 g/mol. The molecule has 3 rings (SSSR count). The van der Waals surface area contributed by atoms with Crippen molar-refractivity contribution in [1.29, 1.82) is 0 Å². The Morgan fingerprint density at radius 1 is 0.857 bits per heavy atom. The minimum absolute atomic E-state index is 0. The highest BCUT2D eigenvalue weighted by molar-refractivity contribution is 4.79. The molecule has 1 saturated carbocycles. The van der Waals surface area contributed by atoms with Crippen LogP contribution in [0.4, 0.5) is 0 Å². The Morgan fingerprint density at radius 2 is 1.38 bits per heavy atom. The van der Waals surface area contributed by atoms with E-state index in [-0.39, 0.29) is 48.0 Å². The summed E-state index contributed by atoms with van der Waals surface area (Å²) in [6.07, 6.45) is 5.97. The third kappa shape index (κ3) is 5.43. The Morgan fingerprint density at radius 3 is 1.95 bits per heavy atom. The number of quaternary nitrogens is 2. The summed E-state index contributed by atoms with van der Waals surface area (Å²) in [6, 6.07) is 0. The van der Waals surface area contributed by atoms with Crippen molar-refractivity contribution in [1.82, 2.24) is 0 Å². The van der Waals surface area contributed by atoms with Crippen molar-refractivity contribution < 1.29 is 61.7 Å². The molecular formula is C16H32I2N2O. The molecule has 0 amide bonds. The second-order valence-corrected chi connectivity index (χ2v) is 8.01. The van der Waals surface area contributed by atoms with Crippen LogP contribution in [0.2, 0.25) is 0 Å². The van der Waals surface area contributed by atoms with Crippen molar-refractivity contribution in [3.8, 4) is 0 Å². The lowest BCUT2D eigenvalue weighted by Gasteiger charge is -2.43. The monoisotopic (exact) mass is 522 g/mol. The Balaban J connectivity index is 0.00000110. The molecule has 5 heteroatoms. The van der Waals surface area contributed by atoms with Crippen molar-refractivity contribution in [2.45, 2.75) is 25.7 Å². The molecule has 2 bridgehead atoms. The number of fused-ring (bicyclic) bond motifs is 2. The highest BCUT2D eigenvalue weighted by Gasteiger charge is 2.41. The van der Waals surface area contributed by atoms with Gasteiger partial charge in [-0.25, -0.2) is 0 Å². The molecule has 3 nitrogen and oxygen atoms in total. The molecule has 2 atom stereocenters. The van der Waals surface area contributed by atoms with Gasteiger partial charge in [0.15, 0.2) is 0 Å². The van der Waals surface area contributed by atoms with Crippen LogP contribution >= 0.6 is 0 Å². The lowest BCUT2D eigenvalue weighted by molar-refractivity contribution is -0.936. The predicted octanol–water partition coefficient (Wildman–Crippen LogP) is -4.26. The van der Waals surface area contributed by atoms with E-state index < -0.39 is 0 Å². The van der Waals surface area contributed by atoms with Crippen LogP contribution in [0.15, 0.2) is 0 Å². The molecule has 0 N–H and O–H groups in total. The molecule has 2 heterocycles. The minimum Gasteiger partial charge on any atom is -1.00 e. The Labute approximate surface area is 165 Å². The first-order chi connectivity index (χ1) is 9.07. The van der Waals surface area contributed by atoms with Crippen LogP contribution < -0.4 is 48.0 Å². The maximum atomic E-state index is 5.50. The minimum atomic E-state index is 0. The molecule has 3 aliphatic rings. The van der Waals surface area contributed by atoms with E-state index in [9.17, 15) is 0 Å². The Hall–Kier alpha value is 1.34. The number of likely N-dealkylation sites (tertiary alicyclic amines) is 1. The summed E-state index contributed by atoms with van der Waals surface area (Å²) in [6.45, 7) is 10.0. The van der Waals surface area contributed by atoms with E-state index in [0.29, 0.717) is 0 Å². The first kappa shape index (κ1) is 20.4. The molecule has 0 aromatic rings. The molecule has 126 valence electrons. The third-order valence-corrected chi connectivity index (χ3v) is 5.99. The zero-order valence-corrected chi connectivity index (χ0v) is 18.0. The Bertz CT molecular complexity index is 309. The largest absolute Gasteiger partial charge is 1.00 e. The highest BCUT2D eigenvalue weighted by atomic mass is 127. The molecule has 2 aliphatic heterocycles. The van der Waals surface area contributed by atoms with Crippen LogP contribution in [-0.4, -0.2) is 75.5 Å². The van der Waals surface area contributed by atoms with E-state index in [2.05, 4.69) is 14.1 Å². The van der Waals surface area contributed by atoms with Gasteiger partial charge in [0.1, 0.15) is 13.1 Å². The number of nitrogens with zero attached hydrogens (tertiary/aromatic N) is 2. The average Bonchev–Trinajstić information content (AvgIpc) is 2.70. The Kier molecular flexibility index (Phi) is 8.19. The molecule has 0 aromatic carbocycles. The van der Waals surface area contributed by atoms with Crippen LogP contribution in [0, 0.1) is 11.8 Å². The first-order valence-electron chi connectivity index (χ1n) is 8.32. The zero-order chi connectivity index (χ0) is 13.3. The summed E-state index contributed by atoms with van der Waals surface area (Å²) in [5.41, 5.74) is 0. The number of piperidine rings is 1. The van der Waals surface area contributed by atoms with E-state index >= 15 is 0 Å². The average molecular weight is 522 g/mol.